The van der Waals surface area contributed by atoms with Gasteiger partial charge >= 0.3 is 0 Å². The van der Waals surface area contributed by atoms with E-state index < -0.39 is 5.60 Å². The van der Waals surface area contributed by atoms with Crippen LogP contribution in [-0.4, -0.2) is 16.5 Å². The second-order valence-corrected chi connectivity index (χ2v) is 9.69. The molecule has 0 fully saturated rings. The normalized spacial score (nSPS) is 17.7. The summed E-state index contributed by atoms with van der Waals surface area (Å²) in [6, 6.07) is 23.3. The monoisotopic (exact) mass is 491 g/mol. The molecule has 0 aromatic heterocycles. The summed E-state index contributed by atoms with van der Waals surface area (Å²) in [6.07, 6.45) is 7.58. The van der Waals surface area contributed by atoms with Crippen LogP contribution < -0.4 is 10.1 Å². The summed E-state index contributed by atoms with van der Waals surface area (Å²) in [7, 11) is 0. The van der Waals surface area contributed by atoms with Crippen molar-refractivity contribution in [1.82, 2.24) is 0 Å². The summed E-state index contributed by atoms with van der Waals surface area (Å²) >= 11 is 0. The highest BCUT2D eigenvalue weighted by atomic mass is 16.5. The second kappa shape index (κ2) is 10.8. The van der Waals surface area contributed by atoms with Crippen LogP contribution in [0.5, 0.6) is 11.5 Å². The molecule has 0 heterocycles. The van der Waals surface area contributed by atoms with Crippen molar-refractivity contribution in [2.45, 2.75) is 39.2 Å². The lowest BCUT2D eigenvalue weighted by Crippen LogP contribution is -2.26. The van der Waals surface area contributed by atoms with Gasteiger partial charge in [0.2, 0.25) is 0 Å². The predicted octanol–water partition coefficient (Wildman–Crippen LogP) is 7.63. The second-order valence-electron chi connectivity index (χ2n) is 9.69. The number of hydrogen-bond acceptors (Lipinski definition) is 4. The first kappa shape index (κ1) is 25.8. The third kappa shape index (κ3) is 6.28. The Morgan fingerprint density at radius 2 is 1.54 bits per heavy atom. The molecule has 1 aliphatic carbocycles. The molecule has 4 heteroatoms. The molecule has 2 atom stereocenters. The molecule has 1 aliphatic rings. The number of ketones is 1. The molecule has 4 nitrogen and oxygen atoms in total. The third-order valence-electron chi connectivity index (χ3n) is 6.58. The molecule has 3 aromatic carbocycles. The zero-order chi connectivity index (χ0) is 26.6. The minimum Gasteiger partial charge on any atom is -0.508 e. The SMILES string of the molecule is C=C(Nc1cccc(C)c1)C1=C(C(C)=O)C=CC(C)(Oc2ccc(C(C)c3ccc(O)cc3)cc2)C=C1. The van der Waals surface area contributed by atoms with Crippen molar-refractivity contribution in [3.8, 4) is 11.5 Å². The Labute approximate surface area is 219 Å². The molecule has 4 rings (SSSR count). The maximum absolute atomic E-state index is 12.5. The standard InChI is InChI=1S/C33H33NO3/c1-22-7-6-8-28(21-22)34-24(3)31-17-19-33(5,20-18-32(31)25(4)35)37-30-15-11-27(12-16-30)23(2)26-9-13-29(36)14-10-26/h6-21,23,34,36H,3H2,1-2,4-5H3. The molecular formula is C33H33NO3. The zero-order valence-corrected chi connectivity index (χ0v) is 21.8. The van der Waals surface area contributed by atoms with Gasteiger partial charge in [-0.2, -0.15) is 0 Å². The number of aryl methyl sites for hydroxylation is 1. The summed E-state index contributed by atoms with van der Waals surface area (Å²) in [5.74, 6) is 1.13. The van der Waals surface area contributed by atoms with Crippen molar-refractivity contribution in [2.75, 3.05) is 5.32 Å². The molecular weight excluding hydrogens is 458 g/mol. The van der Waals surface area contributed by atoms with Crippen LogP contribution in [0.4, 0.5) is 5.69 Å². The highest BCUT2D eigenvalue weighted by Gasteiger charge is 2.24. The predicted molar refractivity (Wildman–Crippen MR) is 151 cm³/mol. The summed E-state index contributed by atoms with van der Waals surface area (Å²) in [4.78, 5) is 12.5. The van der Waals surface area contributed by atoms with Gasteiger partial charge in [-0.15, -0.1) is 0 Å². The Morgan fingerprint density at radius 1 is 0.946 bits per heavy atom. The Morgan fingerprint density at radius 3 is 2.14 bits per heavy atom. The molecule has 0 radical (unpaired) electrons. The fraction of sp³-hybridized carbons (Fsp3) is 0.182. The van der Waals surface area contributed by atoms with Crippen molar-refractivity contribution < 1.29 is 14.6 Å². The lowest BCUT2D eigenvalue weighted by molar-refractivity contribution is -0.113. The average Bonchev–Trinajstić information content (AvgIpc) is 3.04. The molecule has 0 bridgehead atoms. The number of phenolic OH excluding ortho intramolecular Hbond substituents is 1. The largest absolute Gasteiger partial charge is 0.508 e. The van der Waals surface area contributed by atoms with Crippen LogP contribution in [0.3, 0.4) is 0 Å². The summed E-state index contributed by atoms with van der Waals surface area (Å²) in [5, 5.41) is 12.9. The van der Waals surface area contributed by atoms with E-state index >= 15 is 0 Å². The number of hydrogen-bond donors (Lipinski definition) is 2. The highest BCUT2D eigenvalue weighted by Crippen LogP contribution is 2.31. The van der Waals surface area contributed by atoms with Crippen LogP contribution in [0.15, 0.2) is 121 Å². The average molecular weight is 492 g/mol. The molecule has 188 valence electrons. The minimum absolute atomic E-state index is 0.0417. The number of carbonyl (C=O) groups is 1. The van der Waals surface area contributed by atoms with Gasteiger partial charge in [0.05, 0.1) is 0 Å². The van der Waals surface area contributed by atoms with Gasteiger partial charge in [-0.25, -0.2) is 0 Å². The van der Waals surface area contributed by atoms with Crippen LogP contribution >= 0.6 is 0 Å². The van der Waals surface area contributed by atoms with Crippen molar-refractivity contribution in [2.24, 2.45) is 0 Å². The summed E-state index contributed by atoms with van der Waals surface area (Å²) in [5.41, 5.74) is 5.54. The van der Waals surface area contributed by atoms with E-state index in [2.05, 4.69) is 31.0 Å². The van der Waals surface area contributed by atoms with Crippen LogP contribution in [0, 0.1) is 6.92 Å². The molecule has 0 saturated carbocycles. The van der Waals surface area contributed by atoms with Crippen LogP contribution in [-0.2, 0) is 4.79 Å². The fourth-order valence-corrected chi connectivity index (χ4v) is 4.37. The Hall–Kier alpha value is -4.31. The number of aromatic hydroxyl groups is 1. The highest BCUT2D eigenvalue weighted by molar-refractivity contribution is 5.98. The van der Waals surface area contributed by atoms with E-state index in [9.17, 15) is 9.90 Å². The molecule has 3 aromatic rings. The Bertz CT molecular complexity index is 1390. The van der Waals surface area contributed by atoms with Crippen molar-refractivity contribution in [1.29, 1.82) is 0 Å². The molecule has 0 aliphatic heterocycles. The number of carbonyl (C=O) groups excluding carboxylic acids is 1. The minimum atomic E-state index is -0.754. The number of nitrogens with one attached hydrogen (secondary N) is 1. The topological polar surface area (TPSA) is 58.6 Å². The molecule has 0 amide bonds. The van der Waals surface area contributed by atoms with Gasteiger partial charge in [-0.05, 0) is 86.0 Å². The van der Waals surface area contributed by atoms with Crippen molar-refractivity contribution in [3.05, 3.63) is 137 Å². The Balaban J connectivity index is 1.52. The van der Waals surface area contributed by atoms with E-state index in [-0.39, 0.29) is 17.5 Å². The van der Waals surface area contributed by atoms with Gasteiger partial charge in [0.1, 0.15) is 17.1 Å². The fourth-order valence-electron chi connectivity index (χ4n) is 4.37. The zero-order valence-electron chi connectivity index (χ0n) is 21.8. The summed E-state index contributed by atoms with van der Waals surface area (Å²) in [6.45, 7) is 11.9. The first-order chi connectivity index (χ1) is 17.6. The van der Waals surface area contributed by atoms with Gasteiger partial charge < -0.3 is 15.2 Å². The van der Waals surface area contributed by atoms with Crippen molar-refractivity contribution >= 4 is 11.5 Å². The number of anilines is 1. The molecule has 0 spiro atoms. The van der Waals surface area contributed by atoms with Gasteiger partial charge in [0.15, 0.2) is 5.78 Å². The first-order valence-corrected chi connectivity index (χ1v) is 12.4. The number of allylic oxidation sites excluding steroid dienone is 3. The lowest BCUT2D eigenvalue weighted by Gasteiger charge is -2.24. The molecule has 2 N–H and O–H groups in total. The molecule has 2 unspecified atom stereocenters. The summed E-state index contributed by atoms with van der Waals surface area (Å²) < 4.78 is 6.37. The van der Waals surface area contributed by atoms with Crippen LogP contribution in [0.25, 0.3) is 0 Å². The number of phenols is 1. The van der Waals surface area contributed by atoms with E-state index in [0.717, 1.165) is 33.7 Å². The molecule has 37 heavy (non-hydrogen) atoms. The maximum atomic E-state index is 12.5. The van der Waals surface area contributed by atoms with Crippen LogP contribution in [0.1, 0.15) is 43.4 Å². The van der Waals surface area contributed by atoms with E-state index in [0.29, 0.717) is 11.3 Å². The third-order valence-corrected chi connectivity index (χ3v) is 6.58. The van der Waals surface area contributed by atoms with Gasteiger partial charge in [-0.3, -0.25) is 4.79 Å². The molecule has 0 saturated heterocycles. The van der Waals surface area contributed by atoms with E-state index in [1.807, 2.05) is 86.7 Å². The lowest BCUT2D eigenvalue weighted by atomic mass is 9.93. The first-order valence-electron chi connectivity index (χ1n) is 12.4. The number of benzene rings is 3. The van der Waals surface area contributed by atoms with E-state index in [4.69, 9.17) is 4.74 Å². The van der Waals surface area contributed by atoms with E-state index in [1.165, 1.54) is 0 Å². The smallest absolute Gasteiger partial charge is 0.160 e. The number of rotatable bonds is 8. The number of Topliss-reactive ketones (excluding diaryl/α,β-unsaturated/α-hetero) is 1. The van der Waals surface area contributed by atoms with Gasteiger partial charge in [-0.1, -0.05) is 62.1 Å². The van der Waals surface area contributed by atoms with Crippen LogP contribution in [0.2, 0.25) is 0 Å². The van der Waals surface area contributed by atoms with Crippen molar-refractivity contribution in [3.63, 3.8) is 0 Å². The number of ether oxygens (including phenoxy) is 1. The van der Waals surface area contributed by atoms with Gasteiger partial charge in [0, 0.05) is 28.4 Å². The van der Waals surface area contributed by atoms with E-state index in [1.54, 1.807) is 19.1 Å². The Kier molecular flexibility index (Phi) is 7.49. The van der Waals surface area contributed by atoms with Gasteiger partial charge in [0.25, 0.3) is 0 Å². The quantitative estimate of drug-likeness (QED) is 0.340. The maximum Gasteiger partial charge on any atom is 0.160 e.